The van der Waals surface area contributed by atoms with Crippen molar-refractivity contribution in [3.8, 4) is 0 Å². The quantitative estimate of drug-likeness (QED) is 0.804. The van der Waals surface area contributed by atoms with E-state index in [1.54, 1.807) is 0 Å². The average molecular weight is 315 g/mol. The van der Waals surface area contributed by atoms with Crippen molar-refractivity contribution in [2.75, 3.05) is 13.7 Å². The molecule has 0 saturated carbocycles. The minimum absolute atomic E-state index is 0.205. The Morgan fingerprint density at radius 3 is 2.94 bits per heavy atom. The summed E-state index contributed by atoms with van der Waals surface area (Å²) in [5.74, 6) is -1.11. The summed E-state index contributed by atoms with van der Waals surface area (Å²) in [6.07, 6.45) is -0.0640. The van der Waals surface area contributed by atoms with Crippen molar-refractivity contribution < 1.29 is 19.0 Å². The third-order valence-electron chi connectivity index (χ3n) is 2.92. The molecule has 1 aromatic rings. The smallest absolute Gasteiger partial charge is 0.308 e. The van der Waals surface area contributed by atoms with Crippen molar-refractivity contribution in [2.45, 2.75) is 25.2 Å². The Kier molecular flexibility index (Phi) is 4.04. The second-order valence-corrected chi connectivity index (χ2v) is 5.11. The predicted molar refractivity (Wildman–Crippen MR) is 69.0 cm³/mol. The highest BCUT2D eigenvalue weighted by Gasteiger charge is 2.40. The topological polar surface area (TPSA) is 44.8 Å². The number of esters is 1. The molecule has 4 nitrogen and oxygen atoms in total. The van der Waals surface area contributed by atoms with Crippen molar-refractivity contribution in [3.05, 3.63) is 34.3 Å². The van der Waals surface area contributed by atoms with Gasteiger partial charge >= 0.3 is 5.97 Å². The highest BCUT2D eigenvalue weighted by molar-refractivity contribution is 9.10. The number of benzene rings is 1. The summed E-state index contributed by atoms with van der Waals surface area (Å²) in [7, 11) is 1.37. The lowest BCUT2D eigenvalue weighted by Crippen LogP contribution is -2.25. The molecular formula is C13H15BrO4. The van der Waals surface area contributed by atoms with Crippen LogP contribution >= 0.6 is 15.9 Å². The molecule has 2 rings (SSSR count). The molecule has 0 spiro atoms. The first kappa shape index (κ1) is 13.5. The van der Waals surface area contributed by atoms with Crippen LogP contribution in [0, 0.1) is 0 Å². The van der Waals surface area contributed by atoms with E-state index in [0.717, 1.165) is 10.0 Å². The van der Waals surface area contributed by atoms with Gasteiger partial charge in [0.1, 0.15) is 0 Å². The van der Waals surface area contributed by atoms with Gasteiger partial charge in [-0.15, -0.1) is 0 Å². The van der Waals surface area contributed by atoms with Crippen LogP contribution in [0.25, 0.3) is 0 Å². The van der Waals surface area contributed by atoms with E-state index >= 15 is 0 Å². The molecule has 0 N–H and O–H groups in total. The Labute approximate surface area is 114 Å². The summed E-state index contributed by atoms with van der Waals surface area (Å²) >= 11 is 3.47. The maximum Gasteiger partial charge on any atom is 0.308 e. The summed E-state index contributed by atoms with van der Waals surface area (Å²) < 4.78 is 17.1. The fourth-order valence-corrected chi connectivity index (χ4v) is 2.62. The van der Waals surface area contributed by atoms with Crippen LogP contribution in [0.5, 0.6) is 0 Å². The van der Waals surface area contributed by atoms with Crippen LogP contribution in [0.1, 0.15) is 18.9 Å². The summed E-state index contributed by atoms with van der Waals surface area (Å²) in [6, 6.07) is 7.72. The zero-order chi connectivity index (χ0) is 13.2. The van der Waals surface area contributed by atoms with Gasteiger partial charge in [0.15, 0.2) is 5.79 Å². The number of methoxy groups -OCH3 is 1. The maximum absolute atomic E-state index is 11.2. The second-order valence-electron chi connectivity index (χ2n) is 4.26. The molecule has 0 radical (unpaired) electrons. The second kappa shape index (κ2) is 5.38. The van der Waals surface area contributed by atoms with Gasteiger partial charge in [0.05, 0.1) is 26.2 Å². The zero-order valence-electron chi connectivity index (χ0n) is 10.3. The van der Waals surface area contributed by atoms with E-state index in [1.807, 2.05) is 31.2 Å². The molecule has 0 amide bonds. The van der Waals surface area contributed by atoms with E-state index in [-0.39, 0.29) is 18.5 Å². The SMILES string of the molecule is COC(=O)CC1COC(C)(c2ccccc2Br)O1. The van der Waals surface area contributed by atoms with Gasteiger partial charge in [-0.05, 0) is 13.0 Å². The fraction of sp³-hybridized carbons (Fsp3) is 0.462. The van der Waals surface area contributed by atoms with Crippen LogP contribution < -0.4 is 0 Å². The lowest BCUT2D eigenvalue weighted by molar-refractivity contribution is -0.167. The van der Waals surface area contributed by atoms with E-state index in [4.69, 9.17) is 9.47 Å². The van der Waals surface area contributed by atoms with Crippen LogP contribution in [0.4, 0.5) is 0 Å². The highest BCUT2D eigenvalue weighted by atomic mass is 79.9. The molecule has 1 aliphatic heterocycles. The molecule has 2 atom stereocenters. The molecule has 1 heterocycles. The Hall–Kier alpha value is -0.910. The molecule has 0 aromatic heterocycles. The van der Waals surface area contributed by atoms with Crippen LogP contribution in [-0.4, -0.2) is 25.8 Å². The molecule has 2 unspecified atom stereocenters. The van der Waals surface area contributed by atoms with Gasteiger partial charge in [-0.1, -0.05) is 34.1 Å². The molecule has 1 aromatic carbocycles. The summed E-state index contributed by atoms with van der Waals surface area (Å²) in [5, 5.41) is 0. The number of hydrogen-bond donors (Lipinski definition) is 0. The van der Waals surface area contributed by atoms with E-state index in [2.05, 4.69) is 20.7 Å². The predicted octanol–water partition coefficient (Wildman–Crippen LogP) is 2.60. The average Bonchev–Trinajstić information content (AvgIpc) is 2.72. The van der Waals surface area contributed by atoms with Gasteiger partial charge < -0.3 is 14.2 Å². The van der Waals surface area contributed by atoms with Crippen LogP contribution in [0.15, 0.2) is 28.7 Å². The molecule has 1 saturated heterocycles. The highest BCUT2D eigenvalue weighted by Crippen LogP contribution is 2.38. The first-order chi connectivity index (χ1) is 8.55. The van der Waals surface area contributed by atoms with Gasteiger partial charge in [0, 0.05) is 10.0 Å². The van der Waals surface area contributed by atoms with Crippen molar-refractivity contribution >= 4 is 21.9 Å². The monoisotopic (exact) mass is 314 g/mol. The molecule has 98 valence electrons. The Bertz CT molecular complexity index is 448. The van der Waals surface area contributed by atoms with Crippen molar-refractivity contribution in [1.29, 1.82) is 0 Å². The van der Waals surface area contributed by atoms with Crippen LogP contribution in [0.3, 0.4) is 0 Å². The Morgan fingerprint density at radius 1 is 1.56 bits per heavy atom. The lowest BCUT2D eigenvalue weighted by atomic mass is 10.1. The fourth-order valence-electron chi connectivity index (χ4n) is 1.98. The first-order valence-corrected chi connectivity index (χ1v) is 6.48. The maximum atomic E-state index is 11.2. The van der Waals surface area contributed by atoms with Crippen molar-refractivity contribution in [1.82, 2.24) is 0 Å². The molecule has 0 bridgehead atoms. The Morgan fingerprint density at radius 2 is 2.28 bits per heavy atom. The van der Waals surface area contributed by atoms with Gasteiger partial charge in [0.2, 0.25) is 0 Å². The van der Waals surface area contributed by atoms with Gasteiger partial charge in [-0.2, -0.15) is 0 Å². The van der Waals surface area contributed by atoms with Crippen molar-refractivity contribution in [2.24, 2.45) is 0 Å². The summed E-state index contributed by atoms with van der Waals surface area (Å²) in [6.45, 7) is 2.23. The van der Waals surface area contributed by atoms with Crippen LogP contribution in [-0.2, 0) is 24.8 Å². The molecule has 5 heteroatoms. The minimum Gasteiger partial charge on any atom is -0.469 e. The van der Waals surface area contributed by atoms with Crippen LogP contribution in [0.2, 0.25) is 0 Å². The van der Waals surface area contributed by atoms with E-state index in [0.29, 0.717) is 6.61 Å². The summed E-state index contributed by atoms with van der Waals surface area (Å²) in [4.78, 5) is 11.2. The normalized spacial score (nSPS) is 27.2. The number of rotatable bonds is 3. The summed E-state index contributed by atoms with van der Waals surface area (Å²) in [5.41, 5.74) is 0.914. The molecular weight excluding hydrogens is 300 g/mol. The van der Waals surface area contributed by atoms with E-state index in [9.17, 15) is 4.79 Å². The van der Waals surface area contributed by atoms with E-state index in [1.165, 1.54) is 7.11 Å². The number of hydrogen-bond acceptors (Lipinski definition) is 4. The lowest BCUT2D eigenvalue weighted by Gasteiger charge is -2.24. The first-order valence-electron chi connectivity index (χ1n) is 5.69. The number of ether oxygens (including phenoxy) is 3. The number of carbonyl (C=O) groups excluding carboxylic acids is 1. The molecule has 1 aliphatic rings. The molecule has 18 heavy (non-hydrogen) atoms. The van der Waals surface area contributed by atoms with Gasteiger partial charge in [-0.25, -0.2) is 0 Å². The van der Waals surface area contributed by atoms with Gasteiger partial charge in [-0.3, -0.25) is 4.79 Å². The Balaban J connectivity index is 2.11. The van der Waals surface area contributed by atoms with E-state index < -0.39 is 5.79 Å². The number of carbonyl (C=O) groups is 1. The third-order valence-corrected chi connectivity index (χ3v) is 3.61. The van der Waals surface area contributed by atoms with Gasteiger partial charge in [0.25, 0.3) is 0 Å². The molecule has 1 fully saturated rings. The van der Waals surface area contributed by atoms with Crippen molar-refractivity contribution in [3.63, 3.8) is 0 Å². The zero-order valence-corrected chi connectivity index (χ0v) is 11.9. The third kappa shape index (κ3) is 2.74. The standard InChI is InChI=1S/C13H15BrO4/c1-13(10-5-3-4-6-11(10)14)17-8-9(18-13)7-12(15)16-2/h3-6,9H,7-8H2,1-2H3. The minimum atomic E-state index is -0.821. The molecule has 0 aliphatic carbocycles. The largest absolute Gasteiger partial charge is 0.469 e. The number of halogens is 1.